The summed E-state index contributed by atoms with van der Waals surface area (Å²) in [6.07, 6.45) is 4.85. The molecule has 1 N–H and O–H groups in total. The molecule has 1 atom stereocenters. The number of rotatable bonds is 4. The molecule has 0 aliphatic carbocycles. The molecule has 0 bridgehead atoms. The Morgan fingerprint density at radius 1 is 1.40 bits per heavy atom. The van der Waals surface area contributed by atoms with Gasteiger partial charge in [-0.05, 0) is 45.4 Å². The van der Waals surface area contributed by atoms with E-state index >= 15 is 0 Å². The number of nitrogens with zero attached hydrogens (tertiary/aromatic N) is 4. The van der Waals surface area contributed by atoms with Crippen molar-refractivity contribution in [2.24, 2.45) is 0 Å². The highest BCUT2D eigenvalue weighted by molar-refractivity contribution is 5.88. The van der Waals surface area contributed by atoms with Crippen LogP contribution in [0, 0.1) is 6.92 Å². The third-order valence-electron chi connectivity index (χ3n) is 4.61. The van der Waals surface area contributed by atoms with Crippen molar-refractivity contribution >= 4 is 11.8 Å². The molecule has 134 valence electrons. The minimum Gasteiger partial charge on any atom is -0.360 e. The van der Waals surface area contributed by atoms with Gasteiger partial charge >= 0.3 is 6.03 Å². The first-order chi connectivity index (χ1) is 12.1. The molecule has 1 aliphatic heterocycles. The van der Waals surface area contributed by atoms with Crippen LogP contribution in [0.5, 0.6) is 0 Å². The fourth-order valence-electron chi connectivity index (χ4n) is 3.21. The SMILES string of the molecule is Cc1cc(NC(=O)N2CCC[C@H](N(C)Cc3ccccn3)CC2)no1. The third kappa shape index (κ3) is 4.79. The van der Waals surface area contributed by atoms with Gasteiger partial charge in [-0.2, -0.15) is 0 Å². The van der Waals surface area contributed by atoms with Gasteiger partial charge in [0.05, 0.1) is 5.69 Å². The predicted octanol–water partition coefficient (Wildman–Crippen LogP) is 2.90. The van der Waals surface area contributed by atoms with Crippen LogP contribution in [0.3, 0.4) is 0 Å². The van der Waals surface area contributed by atoms with Gasteiger partial charge in [0.15, 0.2) is 5.82 Å². The molecule has 0 radical (unpaired) electrons. The van der Waals surface area contributed by atoms with Gasteiger partial charge in [-0.25, -0.2) is 4.79 Å². The summed E-state index contributed by atoms with van der Waals surface area (Å²) < 4.78 is 4.99. The van der Waals surface area contributed by atoms with Crippen molar-refractivity contribution in [2.75, 3.05) is 25.5 Å². The molecule has 3 heterocycles. The van der Waals surface area contributed by atoms with Crippen LogP contribution in [0.4, 0.5) is 10.6 Å². The smallest absolute Gasteiger partial charge is 0.323 e. The van der Waals surface area contributed by atoms with Gasteiger partial charge in [-0.15, -0.1) is 0 Å². The molecule has 7 heteroatoms. The van der Waals surface area contributed by atoms with E-state index in [1.165, 1.54) is 0 Å². The molecule has 1 saturated heterocycles. The highest BCUT2D eigenvalue weighted by Gasteiger charge is 2.23. The second-order valence-corrected chi connectivity index (χ2v) is 6.56. The molecular formula is C18H25N5O2. The summed E-state index contributed by atoms with van der Waals surface area (Å²) in [6.45, 7) is 4.13. The molecule has 1 fully saturated rings. The van der Waals surface area contributed by atoms with Crippen molar-refractivity contribution in [1.29, 1.82) is 0 Å². The summed E-state index contributed by atoms with van der Waals surface area (Å²) in [7, 11) is 2.13. The highest BCUT2D eigenvalue weighted by Crippen LogP contribution is 2.18. The van der Waals surface area contributed by atoms with Gasteiger partial charge < -0.3 is 9.42 Å². The number of urea groups is 1. The van der Waals surface area contributed by atoms with Gasteiger partial charge in [0.25, 0.3) is 0 Å². The largest absolute Gasteiger partial charge is 0.360 e. The van der Waals surface area contributed by atoms with Gasteiger partial charge in [-0.3, -0.25) is 15.2 Å². The zero-order valence-electron chi connectivity index (χ0n) is 14.8. The molecule has 2 amide bonds. The normalized spacial score (nSPS) is 18.2. The first kappa shape index (κ1) is 17.4. The van der Waals surface area contributed by atoms with E-state index in [1.807, 2.05) is 29.3 Å². The van der Waals surface area contributed by atoms with E-state index < -0.39 is 0 Å². The Bertz CT molecular complexity index is 688. The van der Waals surface area contributed by atoms with Gasteiger partial charge in [0, 0.05) is 37.9 Å². The number of carbonyl (C=O) groups is 1. The van der Waals surface area contributed by atoms with Crippen molar-refractivity contribution in [3.63, 3.8) is 0 Å². The molecule has 1 aliphatic rings. The summed E-state index contributed by atoms with van der Waals surface area (Å²) in [5, 5.41) is 6.62. The first-order valence-electron chi connectivity index (χ1n) is 8.71. The average molecular weight is 343 g/mol. The number of hydrogen-bond donors (Lipinski definition) is 1. The minimum atomic E-state index is -0.110. The zero-order chi connectivity index (χ0) is 17.6. The molecule has 0 saturated carbocycles. The second-order valence-electron chi connectivity index (χ2n) is 6.56. The topological polar surface area (TPSA) is 74.5 Å². The summed E-state index contributed by atoms with van der Waals surface area (Å²) >= 11 is 0. The summed E-state index contributed by atoms with van der Waals surface area (Å²) in [6, 6.07) is 8.06. The van der Waals surface area contributed by atoms with E-state index in [2.05, 4.69) is 27.4 Å². The summed E-state index contributed by atoms with van der Waals surface area (Å²) in [4.78, 5) is 21.0. The van der Waals surface area contributed by atoms with Crippen molar-refractivity contribution < 1.29 is 9.32 Å². The van der Waals surface area contributed by atoms with E-state index in [9.17, 15) is 4.79 Å². The Kier molecular flexibility index (Phi) is 5.65. The fourth-order valence-corrected chi connectivity index (χ4v) is 3.21. The van der Waals surface area contributed by atoms with Gasteiger partial charge in [-0.1, -0.05) is 11.2 Å². The number of amides is 2. The number of aryl methyl sites for hydroxylation is 1. The molecular weight excluding hydrogens is 318 g/mol. The van der Waals surface area contributed by atoms with E-state index in [-0.39, 0.29) is 6.03 Å². The van der Waals surface area contributed by atoms with Crippen LogP contribution in [-0.4, -0.2) is 52.2 Å². The Hall–Kier alpha value is -2.41. The number of carbonyl (C=O) groups excluding carboxylic acids is 1. The molecule has 0 spiro atoms. The first-order valence-corrected chi connectivity index (χ1v) is 8.71. The maximum absolute atomic E-state index is 12.4. The van der Waals surface area contributed by atoms with Crippen LogP contribution in [0.2, 0.25) is 0 Å². The number of likely N-dealkylation sites (tertiary alicyclic amines) is 1. The maximum atomic E-state index is 12.4. The van der Waals surface area contributed by atoms with Gasteiger partial charge in [0.2, 0.25) is 0 Å². The minimum absolute atomic E-state index is 0.110. The number of aromatic nitrogens is 2. The number of pyridine rings is 1. The van der Waals surface area contributed by atoms with Crippen LogP contribution in [0.1, 0.15) is 30.7 Å². The maximum Gasteiger partial charge on any atom is 0.323 e. The number of anilines is 1. The molecule has 0 unspecified atom stereocenters. The number of nitrogens with one attached hydrogen (secondary N) is 1. The Morgan fingerprint density at radius 3 is 3.00 bits per heavy atom. The Balaban J connectivity index is 1.52. The highest BCUT2D eigenvalue weighted by atomic mass is 16.5. The third-order valence-corrected chi connectivity index (χ3v) is 4.61. The van der Waals surface area contributed by atoms with Gasteiger partial charge in [0.1, 0.15) is 5.76 Å². The molecule has 3 rings (SSSR count). The van der Waals surface area contributed by atoms with Crippen LogP contribution >= 0.6 is 0 Å². The number of hydrogen-bond acceptors (Lipinski definition) is 5. The molecule has 7 nitrogen and oxygen atoms in total. The second kappa shape index (κ2) is 8.11. The summed E-state index contributed by atoms with van der Waals surface area (Å²) in [5.74, 6) is 1.15. The lowest BCUT2D eigenvalue weighted by molar-refractivity contribution is 0.200. The van der Waals surface area contributed by atoms with E-state index in [4.69, 9.17) is 4.52 Å². The van der Waals surface area contributed by atoms with Crippen LogP contribution in [0.15, 0.2) is 35.0 Å². The zero-order valence-corrected chi connectivity index (χ0v) is 14.8. The van der Waals surface area contributed by atoms with Crippen molar-refractivity contribution in [2.45, 2.75) is 38.8 Å². The van der Waals surface area contributed by atoms with Crippen LogP contribution in [-0.2, 0) is 6.54 Å². The molecule has 2 aromatic rings. The fraction of sp³-hybridized carbons (Fsp3) is 0.500. The van der Waals surface area contributed by atoms with Crippen molar-refractivity contribution in [3.8, 4) is 0 Å². The lowest BCUT2D eigenvalue weighted by Crippen LogP contribution is -2.37. The predicted molar refractivity (Wildman–Crippen MR) is 95.2 cm³/mol. The molecule has 0 aromatic carbocycles. The molecule has 2 aromatic heterocycles. The standard InChI is InChI=1S/C18H25N5O2/c1-14-12-17(21-25-14)20-18(24)23-10-5-7-16(8-11-23)22(2)13-15-6-3-4-9-19-15/h3-4,6,9,12,16H,5,7-8,10-11,13H2,1-2H3,(H,20,21,24)/t16-/m0/s1. The van der Waals surface area contributed by atoms with Crippen LogP contribution in [0.25, 0.3) is 0 Å². The summed E-state index contributed by atoms with van der Waals surface area (Å²) in [5.41, 5.74) is 1.07. The van der Waals surface area contributed by atoms with Crippen molar-refractivity contribution in [3.05, 3.63) is 41.9 Å². The quantitative estimate of drug-likeness (QED) is 0.924. The van der Waals surface area contributed by atoms with E-state index in [1.54, 1.807) is 13.0 Å². The van der Waals surface area contributed by atoms with E-state index in [0.29, 0.717) is 17.6 Å². The average Bonchev–Trinajstić information content (AvgIpc) is 2.86. The Morgan fingerprint density at radius 2 is 2.28 bits per heavy atom. The molecule has 25 heavy (non-hydrogen) atoms. The lowest BCUT2D eigenvalue weighted by atomic mass is 10.1. The van der Waals surface area contributed by atoms with Crippen LogP contribution < -0.4 is 5.32 Å². The Labute approximate surface area is 148 Å². The van der Waals surface area contributed by atoms with Crippen molar-refractivity contribution in [1.82, 2.24) is 19.9 Å². The van der Waals surface area contributed by atoms with E-state index in [0.717, 1.165) is 44.6 Å². The lowest BCUT2D eigenvalue weighted by Gasteiger charge is -2.27. The monoisotopic (exact) mass is 343 g/mol.